The number of ether oxygens (including phenoxy) is 1. The lowest BCUT2D eigenvalue weighted by Crippen LogP contribution is -2.58. The van der Waals surface area contributed by atoms with Crippen molar-refractivity contribution in [3.05, 3.63) is 23.5 Å². The molecule has 2 amide bonds. The van der Waals surface area contributed by atoms with Crippen molar-refractivity contribution in [2.45, 2.75) is 78.0 Å². The number of piperazine rings is 1. The van der Waals surface area contributed by atoms with Crippen LogP contribution in [-0.4, -0.2) is 52.8 Å². The third-order valence-corrected chi connectivity index (χ3v) is 5.92. The summed E-state index contributed by atoms with van der Waals surface area (Å²) in [5.74, 6) is 1.36. The number of amidine groups is 2. The number of allylic oxidation sites excluding steroid dienone is 1. The molecular weight excluding hydrogens is 430 g/mol. The number of aliphatic imine (C=N–C) groups is 2. The van der Waals surface area contributed by atoms with Gasteiger partial charge < -0.3 is 15.4 Å². The Kier molecular flexibility index (Phi) is 7.32. The number of nitrogens with zero attached hydrogens (tertiary/aromatic N) is 3. The van der Waals surface area contributed by atoms with Gasteiger partial charge in [-0.2, -0.15) is 0 Å². The van der Waals surface area contributed by atoms with E-state index >= 15 is 0 Å². The molecule has 0 aromatic heterocycles. The number of hydrogen-bond donors (Lipinski definition) is 2. The fourth-order valence-corrected chi connectivity index (χ4v) is 4.06. The van der Waals surface area contributed by atoms with Gasteiger partial charge in [-0.05, 0) is 72.1 Å². The van der Waals surface area contributed by atoms with Gasteiger partial charge in [0.1, 0.15) is 10.8 Å². The molecular formula is C23H34ClN5O3. The molecule has 0 unspecified atom stereocenters. The van der Waals surface area contributed by atoms with Crippen LogP contribution in [0.3, 0.4) is 0 Å². The van der Waals surface area contributed by atoms with Gasteiger partial charge in [-0.15, -0.1) is 0 Å². The first-order valence-corrected chi connectivity index (χ1v) is 11.6. The minimum Gasteiger partial charge on any atom is -0.444 e. The van der Waals surface area contributed by atoms with Gasteiger partial charge in [0.25, 0.3) is 5.91 Å². The molecule has 176 valence electrons. The number of hydrogen-bond acceptors (Lipinski definition) is 5. The van der Waals surface area contributed by atoms with E-state index in [0.29, 0.717) is 35.7 Å². The summed E-state index contributed by atoms with van der Waals surface area (Å²) < 4.78 is 5.30. The van der Waals surface area contributed by atoms with E-state index in [1.807, 2.05) is 40.7 Å². The highest BCUT2D eigenvalue weighted by Crippen LogP contribution is 2.36. The minimum atomic E-state index is -0.516. The number of amides is 2. The topological polar surface area (TPSA) is 95.4 Å². The van der Waals surface area contributed by atoms with Crippen LogP contribution in [0.2, 0.25) is 0 Å². The average molecular weight is 464 g/mol. The van der Waals surface area contributed by atoms with Gasteiger partial charge in [-0.3, -0.25) is 14.7 Å². The zero-order valence-electron chi connectivity index (χ0n) is 19.6. The Labute approximate surface area is 195 Å². The third-order valence-electron chi connectivity index (χ3n) is 5.84. The van der Waals surface area contributed by atoms with E-state index in [-0.39, 0.29) is 23.1 Å². The Bertz CT molecular complexity index is 863. The summed E-state index contributed by atoms with van der Waals surface area (Å²) in [5.41, 5.74) is 0.175. The summed E-state index contributed by atoms with van der Waals surface area (Å²) in [6, 6.07) is 0.0849. The first-order valence-electron chi connectivity index (χ1n) is 11.2. The maximum absolute atomic E-state index is 13.3. The van der Waals surface area contributed by atoms with Crippen LogP contribution in [0.4, 0.5) is 4.79 Å². The van der Waals surface area contributed by atoms with Crippen LogP contribution in [0.15, 0.2) is 33.5 Å². The summed E-state index contributed by atoms with van der Waals surface area (Å²) in [5, 5.41) is 6.14. The molecule has 0 bridgehead atoms. The normalized spacial score (nSPS) is 28.4. The van der Waals surface area contributed by atoms with Gasteiger partial charge in [0.2, 0.25) is 0 Å². The van der Waals surface area contributed by atoms with Gasteiger partial charge >= 0.3 is 6.09 Å². The molecule has 32 heavy (non-hydrogen) atoms. The van der Waals surface area contributed by atoms with Gasteiger partial charge in [0.05, 0.1) is 5.70 Å². The lowest BCUT2D eigenvalue weighted by atomic mass is 9.80. The lowest BCUT2D eigenvalue weighted by molar-refractivity contribution is -0.122. The van der Waals surface area contributed by atoms with Crippen molar-refractivity contribution in [1.29, 1.82) is 0 Å². The standard InChI is InChI=1S/C23H34ClN5O3/c1-7-18-20(26-14(3)24)29(13(2)16-8-9-16)21(30)19(28-18)25-12-15-10-17(11-15)27-22(31)32-23(4,5)6/h7,13,15-17H,3,8-12H2,1-2,4-6H3,(H,25,28)(H,27,31)/b18-7+,26-20?/t13-,15?,17?/m0/s1. The van der Waals surface area contributed by atoms with Gasteiger partial charge in [0, 0.05) is 18.6 Å². The van der Waals surface area contributed by atoms with Crippen molar-refractivity contribution in [3.8, 4) is 0 Å². The molecule has 3 rings (SSSR count). The molecule has 0 aromatic rings. The SMILES string of the molecule is C=C(Cl)N=C1/C(=C\C)NC(=NCC2CC(NC(=O)OC(C)(C)C)C2)C(=O)N1[C@@H](C)C1CC1. The zero-order valence-corrected chi connectivity index (χ0v) is 20.3. The summed E-state index contributed by atoms with van der Waals surface area (Å²) in [7, 11) is 0. The smallest absolute Gasteiger partial charge is 0.407 e. The molecule has 9 heteroatoms. The summed E-state index contributed by atoms with van der Waals surface area (Å²) in [6.45, 7) is 13.6. The maximum atomic E-state index is 13.3. The van der Waals surface area contributed by atoms with Crippen molar-refractivity contribution in [1.82, 2.24) is 15.5 Å². The van der Waals surface area contributed by atoms with Gasteiger partial charge in [-0.1, -0.05) is 24.3 Å². The van der Waals surface area contributed by atoms with Gasteiger partial charge in [-0.25, -0.2) is 9.79 Å². The highest BCUT2D eigenvalue weighted by atomic mass is 35.5. The molecule has 8 nitrogen and oxygen atoms in total. The second kappa shape index (κ2) is 9.65. The Hall–Kier alpha value is -2.35. The molecule has 1 saturated heterocycles. The number of rotatable bonds is 6. The first-order chi connectivity index (χ1) is 15.0. The monoisotopic (exact) mass is 463 g/mol. The molecule has 1 heterocycles. The highest BCUT2D eigenvalue weighted by molar-refractivity contribution is 6.45. The Morgan fingerprint density at radius 2 is 2.06 bits per heavy atom. The molecule has 2 N–H and O–H groups in total. The second-order valence-corrected chi connectivity index (χ2v) is 10.2. The number of alkyl carbamates (subject to hydrolysis) is 1. The van der Waals surface area contributed by atoms with Crippen LogP contribution in [0, 0.1) is 11.8 Å². The average Bonchev–Trinajstić information content (AvgIpc) is 3.47. The van der Waals surface area contributed by atoms with Crippen LogP contribution in [0.25, 0.3) is 0 Å². The molecule has 2 aliphatic carbocycles. The Morgan fingerprint density at radius 3 is 2.59 bits per heavy atom. The summed E-state index contributed by atoms with van der Waals surface area (Å²) in [4.78, 5) is 35.8. The predicted molar refractivity (Wildman–Crippen MR) is 127 cm³/mol. The van der Waals surface area contributed by atoms with Crippen LogP contribution >= 0.6 is 11.6 Å². The van der Waals surface area contributed by atoms with Crippen LogP contribution in [-0.2, 0) is 9.53 Å². The summed E-state index contributed by atoms with van der Waals surface area (Å²) in [6.07, 6.45) is 5.27. The Morgan fingerprint density at radius 1 is 1.41 bits per heavy atom. The van der Waals surface area contributed by atoms with Crippen LogP contribution in [0.1, 0.15) is 60.3 Å². The largest absolute Gasteiger partial charge is 0.444 e. The molecule has 3 fully saturated rings. The fourth-order valence-electron chi connectivity index (χ4n) is 3.98. The fraction of sp³-hybridized carbons (Fsp3) is 0.652. The number of nitrogens with one attached hydrogen (secondary N) is 2. The second-order valence-electron chi connectivity index (χ2n) is 9.76. The van der Waals surface area contributed by atoms with E-state index in [4.69, 9.17) is 16.3 Å². The van der Waals surface area contributed by atoms with E-state index in [2.05, 4.69) is 27.2 Å². The number of halogens is 1. The van der Waals surface area contributed by atoms with Crippen molar-refractivity contribution in [2.75, 3.05) is 6.54 Å². The summed E-state index contributed by atoms with van der Waals surface area (Å²) >= 11 is 5.95. The molecule has 0 spiro atoms. The minimum absolute atomic E-state index is 0.00521. The van der Waals surface area contributed by atoms with Crippen LogP contribution in [0.5, 0.6) is 0 Å². The molecule has 1 atom stereocenters. The molecule has 1 aliphatic heterocycles. The van der Waals surface area contributed by atoms with E-state index in [9.17, 15) is 9.59 Å². The lowest BCUT2D eigenvalue weighted by Gasteiger charge is -2.37. The molecule has 2 saturated carbocycles. The highest BCUT2D eigenvalue weighted by Gasteiger charge is 2.42. The maximum Gasteiger partial charge on any atom is 0.407 e. The molecule has 3 aliphatic rings. The van der Waals surface area contributed by atoms with E-state index < -0.39 is 11.7 Å². The number of carbonyl (C=O) groups is 2. The van der Waals surface area contributed by atoms with E-state index in [0.717, 1.165) is 25.7 Å². The Balaban J connectivity index is 1.64. The number of carbonyl (C=O) groups excluding carboxylic acids is 2. The predicted octanol–water partition coefficient (Wildman–Crippen LogP) is 3.93. The van der Waals surface area contributed by atoms with Crippen molar-refractivity contribution in [2.24, 2.45) is 21.8 Å². The van der Waals surface area contributed by atoms with Crippen LogP contribution < -0.4 is 10.6 Å². The molecule has 0 radical (unpaired) electrons. The zero-order chi connectivity index (χ0) is 23.6. The van der Waals surface area contributed by atoms with Crippen molar-refractivity contribution >= 4 is 35.3 Å². The quantitative estimate of drug-likeness (QED) is 0.583. The first kappa shape index (κ1) is 24.3. The van der Waals surface area contributed by atoms with E-state index in [1.54, 1.807) is 4.90 Å². The van der Waals surface area contributed by atoms with Crippen molar-refractivity contribution < 1.29 is 14.3 Å². The van der Waals surface area contributed by atoms with Gasteiger partial charge in [0.15, 0.2) is 11.7 Å². The molecule has 0 aromatic carbocycles. The van der Waals surface area contributed by atoms with Crippen molar-refractivity contribution in [3.63, 3.8) is 0 Å². The third kappa shape index (κ3) is 6.12. The van der Waals surface area contributed by atoms with E-state index in [1.165, 1.54) is 0 Å².